The molecule has 0 aromatic carbocycles. The molecule has 0 aromatic heterocycles. The van der Waals surface area contributed by atoms with E-state index in [1.807, 2.05) is 20.8 Å². The molecule has 0 radical (unpaired) electrons. The molecule has 0 saturated heterocycles. The summed E-state index contributed by atoms with van der Waals surface area (Å²) in [5, 5.41) is 9.24. The highest BCUT2D eigenvalue weighted by atomic mass is 16.4. The number of hydrogen-bond donors (Lipinski definition) is 1. The SMILES string of the molecule is CC(C)(C)C(CC1CCCCC1)C(=O)O. The average molecular weight is 212 g/mol. The van der Waals surface area contributed by atoms with E-state index in [-0.39, 0.29) is 11.3 Å². The summed E-state index contributed by atoms with van der Waals surface area (Å²) in [6.07, 6.45) is 7.27. The Morgan fingerprint density at radius 1 is 1.27 bits per heavy atom. The van der Waals surface area contributed by atoms with Gasteiger partial charge >= 0.3 is 5.97 Å². The summed E-state index contributed by atoms with van der Waals surface area (Å²) in [5.74, 6) is -0.146. The zero-order chi connectivity index (χ0) is 11.5. The number of rotatable bonds is 3. The van der Waals surface area contributed by atoms with Gasteiger partial charge < -0.3 is 5.11 Å². The predicted molar refractivity (Wildman–Crippen MR) is 61.8 cm³/mol. The molecule has 1 atom stereocenters. The molecule has 1 N–H and O–H groups in total. The fourth-order valence-corrected chi connectivity index (χ4v) is 2.58. The molecule has 15 heavy (non-hydrogen) atoms. The number of carboxylic acid groups (broad SMARTS) is 1. The lowest BCUT2D eigenvalue weighted by molar-refractivity contribution is -0.146. The minimum absolute atomic E-state index is 0.108. The lowest BCUT2D eigenvalue weighted by Crippen LogP contribution is -2.31. The third kappa shape index (κ3) is 3.84. The van der Waals surface area contributed by atoms with Crippen LogP contribution in [0.4, 0.5) is 0 Å². The Labute approximate surface area is 93.1 Å². The van der Waals surface area contributed by atoms with Gasteiger partial charge in [-0.1, -0.05) is 52.9 Å². The monoisotopic (exact) mass is 212 g/mol. The van der Waals surface area contributed by atoms with Gasteiger partial charge in [0.25, 0.3) is 0 Å². The highest BCUT2D eigenvalue weighted by molar-refractivity contribution is 5.70. The van der Waals surface area contributed by atoms with Crippen LogP contribution in [0.15, 0.2) is 0 Å². The largest absolute Gasteiger partial charge is 0.481 e. The van der Waals surface area contributed by atoms with Crippen molar-refractivity contribution >= 4 is 5.97 Å². The van der Waals surface area contributed by atoms with Crippen molar-refractivity contribution < 1.29 is 9.90 Å². The minimum Gasteiger partial charge on any atom is -0.481 e. The van der Waals surface area contributed by atoms with Gasteiger partial charge in [0.2, 0.25) is 0 Å². The maximum Gasteiger partial charge on any atom is 0.307 e. The van der Waals surface area contributed by atoms with Gasteiger partial charge in [0.05, 0.1) is 5.92 Å². The molecule has 0 aliphatic heterocycles. The Balaban J connectivity index is 2.54. The molecule has 0 heterocycles. The third-order valence-corrected chi connectivity index (χ3v) is 3.64. The summed E-state index contributed by atoms with van der Waals surface area (Å²) >= 11 is 0. The van der Waals surface area contributed by atoms with E-state index in [0.29, 0.717) is 5.92 Å². The zero-order valence-electron chi connectivity index (χ0n) is 10.3. The lowest BCUT2D eigenvalue weighted by atomic mass is 9.73. The van der Waals surface area contributed by atoms with Crippen LogP contribution >= 0.6 is 0 Å². The number of aliphatic carboxylic acids is 1. The van der Waals surface area contributed by atoms with Gasteiger partial charge in [-0.3, -0.25) is 4.79 Å². The Bertz CT molecular complexity index is 209. The van der Waals surface area contributed by atoms with Crippen LogP contribution < -0.4 is 0 Å². The standard InChI is InChI=1S/C13H24O2/c1-13(2,3)11(12(14)15)9-10-7-5-4-6-8-10/h10-11H,4-9H2,1-3H3,(H,14,15). The normalized spacial score (nSPS) is 21.3. The first-order chi connectivity index (χ1) is 6.91. The molecule has 1 saturated carbocycles. The van der Waals surface area contributed by atoms with E-state index in [1.165, 1.54) is 32.1 Å². The molecule has 2 heteroatoms. The summed E-state index contributed by atoms with van der Waals surface area (Å²) in [6, 6.07) is 0. The number of hydrogen-bond acceptors (Lipinski definition) is 1. The van der Waals surface area contributed by atoms with Crippen molar-refractivity contribution in [3.63, 3.8) is 0 Å². The highest BCUT2D eigenvalue weighted by Crippen LogP contribution is 2.36. The van der Waals surface area contributed by atoms with Crippen molar-refractivity contribution in [3.05, 3.63) is 0 Å². The smallest absolute Gasteiger partial charge is 0.307 e. The van der Waals surface area contributed by atoms with Crippen LogP contribution in [0.1, 0.15) is 59.3 Å². The molecule has 88 valence electrons. The molecule has 0 aromatic rings. The van der Waals surface area contributed by atoms with Gasteiger partial charge in [0.1, 0.15) is 0 Å². The van der Waals surface area contributed by atoms with Crippen molar-refractivity contribution in [3.8, 4) is 0 Å². The molecule has 0 spiro atoms. The first-order valence-electron chi connectivity index (χ1n) is 6.14. The van der Waals surface area contributed by atoms with Crippen molar-refractivity contribution in [2.45, 2.75) is 59.3 Å². The van der Waals surface area contributed by atoms with Crippen LogP contribution in [0.2, 0.25) is 0 Å². The second-order valence-electron chi connectivity index (χ2n) is 6.00. The minimum atomic E-state index is -0.618. The molecular weight excluding hydrogens is 188 g/mol. The zero-order valence-corrected chi connectivity index (χ0v) is 10.3. The third-order valence-electron chi connectivity index (χ3n) is 3.64. The van der Waals surface area contributed by atoms with Crippen molar-refractivity contribution in [2.75, 3.05) is 0 Å². The Kier molecular flexibility index (Phi) is 4.18. The molecule has 1 fully saturated rings. The topological polar surface area (TPSA) is 37.3 Å². The summed E-state index contributed by atoms with van der Waals surface area (Å²) in [7, 11) is 0. The molecule has 1 aliphatic rings. The molecule has 1 rings (SSSR count). The van der Waals surface area contributed by atoms with Crippen LogP contribution in [-0.4, -0.2) is 11.1 Å². The van der Waals surface area contributed by atoms with E-state index in [1.54, 1.807) is 0 Å². The van der Waals surface area contributed by atoms with Gasteiger partial charge in [-0.25, -0.2) is 0 Å². The second-order valence-corrected chi connectivity index (χ2v) is 6.00. The second kappa shape index (κ2) is 5.00. The summed E-state index contributed by atoms with van der Waals surface area (Å²) in [5.41, 5.74) is -0.108. The molecule has 2 nitrogen and oxygen atoms in total. The number of carbonyl (C=O) groups is 1. The molecule has 0 bridgehead atoms. The van der Waals surface area contributed by atoms with Crippen LogP contribution in [0, 0.1) is 17.3 Å². The molecule has 1 aliphatic carbocycles. The van der Waals surface area contributed by atoms with E-state index in [9.17, 15) is 9.90 Å². The Morgan fingerprint density at radius 2 is 1.80 bits per heavy atom. The predicted octanol–water partition coefficient (Wildman–Crippen LogP) is 3.70. The van der Waals surface area contributed by atoms with Crippen LogP contribution in [0.3, 0.4) is 0 Å². The fourth-order valence-electron chi connectivity index (χ4n) is 2.58. The summed E-state index contributed by atoms with van der Waals surface area (Å²) in [4.78, 5) is 11.2. The Hall–Kier alpha value is -0.530. The first kappa shape index (κ1) is 12.5. The van der Waals surface area contributed by atoms with Gasteiger partial charge in [0.15, 0.2) is 0 Å². The van der Waals surface area contributed by atoms with E-state index in [0.717, 1.165) is 6.42 Å². The quantitative estimate of drug-likeness (QED) is 0.774. The fraction of sp³-hybridized carbons (Fsp3) is 0.923. The first-order valence-corrected chi connectivity index (χ1v) is 6.14. The van der Waals surface area contributed by atoms with Crippen molar-refractivity contribution in [1.29, 1.82) is 0 Å². The van der Waals surface area contributed by atoms with Crippen LogP contribution in [0.25, 0.3) is 0 Å². The van der Waals surface area contributed by atoms with Crippen LogP contribution in [0.5, 0.6) is 0 Å². The van der Waals surface area contributed by atoms with E-state index < -0.39 is 5.97 Å². The lowest BCUT2D eigenvalue weighted by Gasteiger charge is -2.32. The highest BCUT2D eigenvalue weighted by Gasteiger charge is 2.33. The van der Waals surface area contributed by atoms with Crippen molar-refractivity contribution in [1.82, 2.24) is 0 Å². The van der Waals surface area contributed by atoms with E-state index in [4.69, 9.17) is 0 Å². The molecule has 0 amide bonds. The maximum atomic E-state index is 11.2. The van der Waals surface area contributed by atoms with Gasteiger partial charge in [-0.15, -0.1) is 0 Å². The average Bonchev–Trinajstić information content (AvgIpc) is 2.13. The molecular formula is C13H24O2. The summed E-state index contributed by atoms with van der Waals surface area (Å²) in [6.45, 7) is 6.11. The maximum absolute atomic E-state index is 11.2. The van der Waals surface area contributed by atoms with Crippen molar-refractivity contribution in [2.24, 2.45) is 17.3 Å². The Morgan fingerprint density at radius 3 is 2.20 bits per heavy atom. The number of carboxylic acids is 1. The molecule has 1 unspecified atom stereocenters. The van der Waals surface area contributed by atoms with E-state index >= 15 is 0 Å². The van der Waals surface area contributed by atoms with Gasteiger partial charge in [-0.05, 0) is 17.8 Å². The van der Waals surface area contributed by atoms with Gasteiger partial charge in [0, 0.05) is 0 Å². The van der Waals surface area contributed by atoms with Gasteiger partial charge in [-0.2, -0.15) is 0 Å². The summed E-state index contributed by atoms with van der Waals surface area (Å²) < 4.78 is 0. The van der Waals surface area contributed by atoms with Crippen LogP contribution in [-0.2, 0) is 4.79 Å². The van der Waals surface area contributed by atoms with E-state index in [2.05, 4.69) is 0 Å².